The summed E-state index contributed by atoms with van der Waals surface area (Å²) in [6, 6.07) is 0. The van der Waals surface area contributed by atoms with E-state index in [4.69, 9.17) is 10.5 Å². The molecule has 0 aromatic rings. The second kappa shape index (κ2) is 17.7. The lowest BCUT2D eigenvalue weighted by Gasteiger charge is -2.23. The van der Waals surface area contributed by atoms with Gasteiger partial charge in [0.15, 0.2) is 0 Å². The predicted octanol–water partition coefficient (Wildman–Crippen LogP) is 1.85. The van der Waals surface area contributed by atoms with Crippen LogP contribution >= 0.6 is 0 Å². The van der Waals surface area contributed by atoms with Crippen LogP contribution in [0.1, 0.15) is 71.1 Å². The Morgan fingerprint density at radius 1 is 0.880 bits per heavy atom. The quantitative estimate of drug-likeness (QED) is 0.290. The van der Waals surface area contributed by atoms with Gasteiger partial charge in [0.2, 0.25) is 0 Å². The molecule has 6 heteroatoms. The van der Waals surface area contributed by atoms with Crippen LogP contribution in [-0.2, 0) is 14.3 Å². The normalized spacial score (nSPS) is 10.8. The molecule has 0 radical (unpaired) electrons. The van der Waals surface area contributed by atoms with Crippen molar-refractivity contribution in [3.8, 4) is 0 Å². The van der Waals surface area contributed by atoms with E-state index in [9.17, 15) is 14.7 Å². The minimum atomic E-state index is -1.00. The highest BCUT2D eigenvalue weighted by Crippen LogP contribution is 2.10. The van der Waals surface area contributed by atoms with Crippen LogP contribution in [0.4, 0.5) is 0 Å². The van der Waals surface area contributed by atoms with Crippen LogP contribution in [0.3, 0.4) is 0 Å². The molecule has 6 nitrogen and oxygen atoms in total. The molecular weight excluding hydrogens is 320 g/mol. The lowest BCUT2D eigenvalue weighted by Crippen LogP contribution is -2.45. The maximum Gasteiger partial charge on any atom is 0.319 e. The van der Waals surface area contributed by atoms with E-state index >= 15 is 0 Å². The zero-order valence-corrected chi connectivity index (χ0v) is 16.8. The average molecular weight is 361 g/mol. The number of carboxylic acid groups (broad SMARTS) is 1. The van der Waals surface area contributed by atoms with Crippen LogP contribution in [0.5, 0.6) is 0 Å². The molecule has 0 aliphatic carbocycles. The van der Waals surface area contributed by atoms with E-state index < -0.39 is 5.97 Å². The van der Waals surface area contributed by atoms with Gasteiger partial charge in [0.25, 0.3) is 0 Å². The Kier molecular flexibility index (Phi) is 18.4. The monoisotopic (exact) mass is 360 g/mol. The Morgan fingerprint density at radius 3 is 1.64 bits per heavy atom. The second-order valence-corrected chi connectivity index (χ2v) is 7.43. The van der Waals surface area contributed by atoms with Crippen LogP contribution in [0.2, 0.25) is 0 Å². The maximum atomic E-state index is 10.7. The Labute approximate surface area is 154 Å². The number of likely N-dealkylation sites (N-methyl/N-ethyl adjacent to an activating group) is 1. The highest BCUT2D eigenvalue weighted by Gasteiger charge is 2.04. The first-order valence-corrected chi connectivity index (χ1v) is 9.59. The number of hydrogen-bond acceptors (Lipinski definition) is 5. The first-order chi connectivity index (χ1) is 11.7. The number of carbonyl (C=O) groups is 2. The summed E-state index contributed by atoms with van der Waals surface area (Å²) in [6.45, 7) is 2.85. The number of esters is 1. The lowest BCUT2D eigenvalue weighted by atomic mass is 10.1. The summed E-state index contributed by atoms with van der Waals surface area (Å²) in [5.41, 5.74) is 5.13. The number of nitrogens with zero attached hydrogens (tertiary/aromatic N) is 1. The average Bonchev–Trinajstić information content (AvgIpc) is 2.50. The fourth-order valence-corrected chi connectivity index (χ4v) is 2.22. The largest absolute Gasteiger partial charge is 0.544 e. The van der Waals surface area contributed by atoms with Crippen LogP contribution in [-0.4, -0.2) is 57.3 Å². The fourth-order valence-electron chi connectivity index (χ4n) is 2.22. The third-order valence-electron chi connectivity index (χ3n) is 3.53. The van der Waals surface area contributed by atoms with Gasteiger partial charge in [-0.15, -0.1) is 0 Å². The smallest absolute Gasteiger partial charge is 0.319 e. The molecule has 0 aliphatic heterocycles. The van der Waals surface area contributed by atoms with Crippen molar-refractivity contribution >= 4 is 11.9 Å². The topological polar surface area (TPSA) is 92.5 Å². The highest BCUT2D eigenvalue weighted by molar-refractivity contribution is 5.71. The SMILES string of the molecule is CCCCCCCCCCCCOC(=O)CN.C[N+](C)(C)CC(=O)[O-]. The molecule has 0 aromatic carbocycles. The summed E-state index contributed by atoms with van der Waals surface area (Å²) in [4.78, 5) is 20.6. The van der Waals surface area contributed by atoms with Crippen molar-refractivity contribution < 1.29 is 23.9 Å². The van der Waals surface area contributed by atoms with Gasteiger partial charge in [-0.05, 0) is 6.42 Å². The molecule has 0 heterocycles. The second-order valence-electron chi connectivity index (χ2n) is 7.43. The third-order valence-corrected chi connectivity index (χ3v) is 3.53. The molecule has 0 saturated carbocycles. The number of nitrogens with two attached hydrogens (primary N) is 1. The summed E-state index contributed by atoms with van der Waals surface area (Å²) in [6.07, 6.45) is 12.9. The van der Waals surface area contributed by atoms with Gasteiger partial charge in [-0.1, -0.05) is 64.7 Å². The van der Waals surface area contributed by atoms with Crippen LogP contribution < -0.4 is 10.8 Å². The third kappa shape index (κ3) is 28.0. The van der Waals surface area contributed by atoms with E-state index in [-0.39, 0.29) is 19.1 Å². The van der Waals surface area contributed by atoms with Crippen LogP contribution in [0.25, 0.3) is 0 Å². The molecular formula is C19H40N2O4. The van der Waals surface area contributed by atoms with Crippen molar-refractivity contribution in [3.63, 3.8) is 0 Å². The molecule has 0 atom stereocenters. The lowest BCUT2D eigenvalue weighted by molar-refractivity contribution is -0.864. The molecule has 150 valence electrons. The number of hydrogen-bond donors (Lipinski definition) is 1. The molecule has 0 aromatic heterocycles. The molecule has 0 saturated heterocycles. The first kappa shape index (κ1) is 26.1. The Morgan fingerprint density at radius 2 is 1.32 bits per heavy atom. The zero-order valence-electron chi connectivity index (χ0n) is 16.8. The molecule has 0 spiro atoms. The van der Waals surface area contributed by atoms with E-state index in [1.54, 1.807) is 21.1 Å². The van der Waals surface area contributed by atoms with Crippen molar-refractivity contribution in [2.24, 2.45) is 5.73 Å². The van der Waals surface area contributed by atoms with E-state index in [0.29, 0.717) is 11.1 Å². The fraction of sp³-hybridized carbons (Fsp3) is 0.895. The molecule has 0 rings (SSSR count). The van der Waals surface area contributed by atoms with Crippen LogP contribution in [0, 0.1) is 0 Å². The molecule has 0 bridgehead atoms. The van der Waals surface area contributed by atoms with E-state index in [1.165, 1.54) is 51.4 Å². The van der Waals surface area contributed by atoms with Crippen molar-refractivity contribution in [1.29, 1.82) is 0 Å². The van der Waals surface area contributed by atoms with Gasteiger partial charge < -0.3 is 24.9 Å². The molecule has 0 amide bonds. The number of rotatable bonds is 14. The Hall–Kier alpha value is -1.14. The molecule has 2 N–H and O–H groups in total. The van der Waals surface area contributed by atoms with Crippen molar-refractivity contribution in [1.82, 2.24) is 0 Å². The summed E-state index contributed by atoms with van der Waals surface area (Å²) in [5.74, 6) is -1.29. The number of ether oxygens (including phenoxy) is 1. The number of aliphatic carboxylic acids is 1. The van der Waals surface area contributed by atoms with E-state index in [1.807, 2.05) is 0 Å². The Balaban J connectivity index is 0. The van der Waals surface area contributed by atoms with Crippen molar-refractivity contribution in [3.05, 3.63) is 0 Å². The van der Waals surface area contributed by atoms with E-state index in [2.05, 4.69) is 6.92 Å². The number of carboxylic acids is 1. The van der Waals surface area contributed by atoms with Gasteiger partial charge in [0.05, 0.1) is 40.3 Å². The summed E-state index contributed by atoms with van der Waals surface area (Å²) < 4.78 is 5.32. The maximum absolute atomic E-state index is 10.7. The highest BCUT2D eigenvalue weighted by atomic mass is 16.5. The molecule has 0 unspecified atom stereocenters. The molecule has 0 aliphatic rings. The van der Waals surface area contributed by atoms with Gasteiger partial charge >= 0.3 is 5.97 Å². The van der Waals surface area contributed by atoms with Gasteiger partial charge in [0.1, 0.15) is 6.54 Å². The van der Waals surface area contributed by atoms with Crippen molar-refractivity contribution in [2.75, 3.05) is 40.8 Å². The van der Waals surface area contributed by atoms with Gasteiger partial charge in [-0.3, -0.25) is 4.79 Å². The molecule has 25 heavy (non-hydrogen) atoms. The first-order valence-electron chi connectivity index (χ1n) is 9.59. The number of carbonyl (C=O) groups excluding carboxylic acids is 2. The van der Waals surface area contributed by atoms with Gasteiger partial charge in [-0.25, -0.2) is 0 Å². The van der Waals surface area contributed by atoms with Crippen molar-refractivity contribution in [2.45, 2.75) is 71.1 Å². The van der Waals surface area contributed by atoms with Gasteiger partial charge in [0, 0.05) is 0 Å². The summed E-state index contributed by atoms with van der Waals surface area (Å²) in [7, 11) is 5.40. The number of unbranched alkanes of at least 4 members (excludes halogenated alkanes) is 9. The van der Waals surface area contributed by atoms with Gasteiger partial charge in [-0.2, -0.15) is 0 Å². The number of quaternary nitrogens is 1. The molecule has 0 fully saturated rings. The zero-order chi connectivity index (χ0) is 19.6. The summed E-state index contributed by atoms with van der Waals surface area (Å²) >= 11 is 0. The predicted molar refractivity (Wildman–Crippen MR) is 99.8 cm³/mol. The van der Waals surface area contributed by atoms with E-state index in [0.717, 1.165) is 12.8 Å². The Bertz CT molecular complexity index is 328. The standard InChI is InChI=1S/C14H29NO2.C5H11NO2/c1-2-3-4-5-6-7-8-9-10-11-12-17-14(16)13-15;1-6(2,3)4-5(7)8/h2-13,15H2,1H3;4H2,1-3H3. The minimum Gasteiger partial charge on any atom is -0.544 e. The minimum absolute atomic E-state index is 0.00222. The van der Waals surface area contributed by atoms with Crippen LogP contribution in [0.15, 0.2) is 0 Å². The summed E-state index contributed by atoms with van der Waals surface area (Å²) in [5, 5.41) is 9.89.